The predicted octanol–water partition coefficient (Wildman–Crippen LogP) is -0.612. The van der Waals surface area contributed by atoms with Crippen LogP contribution in [0.4, 0.5) is 4.79 Å². The van der Waals surface area contributed by atoms with E-state index in [1.807, 2.05) is 0 Å². The summed E-state index contributed by atoms with van der Waals surface area (Å²) in [6.07, 6.45) is 0.666. The molecule has 3 rings (SSSR count). The summed E-state index contributed by atoms with van der Waals surface area (Å²) in [4.78, 5) is 52.6. The van der Waals surface area contributed by atoms with Gasteiger partial charge < -0.3 is 25.4 Å². The molecule has 196 valence electrons. The molecule has 1 aliphatic heterocycles. The summed E-state index contributed by atoms with van der Waals surface area (Å²) in [5.74, 6) is -2.63. The van der Waals surface area contributed by atoms with Crippen LogP contribution in [0.25, 0.3) is 0 Å². The highest BCUT2D eigenvalue weighted by molar-refractivity contribution is 7.91. The zero-order chi connectivity index (χ0) is 26.3. The lowest BCUT2D eigenvalue weighted by Gasteiger charge is -2.35. The third kappa shape index (κ3) is 5.61. The van der Waals surface area contributed by atoms with Gasteiger partial charge in [-0.15, -0.1) is 6.58 Å². The molecule has 0 radical (unpaired) electrons. The molecular weight excluding hydrogens is 480 g/mol. The number of amides is 4. The molecular formula is C22H34N4O8S. The van der Waals surface area contributed by atoms with Crippen LogP contribution in [0.2, 0.25) is 0 Å². The number of hydrogen-bond donors (Lipinski definition) is 4. The Hall–Kier alpha value is -2.67. The zero-order valence-corrected chi connectivity index (χ0v) is 21.2. The molecule has 12 nitrogen and oxygen atoms in total. The Morgan fingerprint density at radius 2 is 1.86 bits per heavy atom. The van der Waals surface area contributed by atoms with Crippen LogP contribution >= 0.6 is 0 Å². The van der Waals surface area contributed by atoms with Gasteiger partial charge in [0, 0.05) is 18.9 Å². The molecule has 2 saturated carbocycles. The van der Waals surface area contributed by atoms with E-state index in [9.17, 15) is 32.7 Å². The number of alkyl carbamates (subject to hydrolysis) is 1. The smallest absolute Gasteiger partial charge is 0.407 e. The number of hydrogen-bond acceptors (Lipinski definition) is 8. The van der Waals surface area contributed by atoms with E-state index in [0.717, 1.165) is 7.11 Å². The van der Waals surface area contributed by atoms with Crippen LogP contribution in [0.1, 0.15) is 46.5 Å². The van der Waals surface area contributed by atoms with Crippen LogP contribution in [0, 0.1) is 11.3 Å². The Balaban J connectivity index is 1.79. The van der Waals surface area contributed by atoms with Crippen molar-refractivity contribution in [3.05, 3.63) is 12.7 Å². The maximum Gasteiger partial charge on any atom is 0.407 e. The molecule has 3 aliphatic rings. The van der Waals surface area contributed by atoms with E-state index in [-0.39, 0.29) is 19.4 Å². The van der Waals surface area contributed by atoms with E-state index < -0.39 is 74.1 Å². The van der Waals surface area contributed by atoms with Crippen molar-refractivity contribution in [2.24, 2.45) is 11.3 Å². The summed E-state index contributed by atoms with van der Waals surface area (Å²) < 4.78 is 31.2. The van der Waals surface area contributed by atoms with Gasteiger partial charge in [-0.05, 0) is 24.7 Å². The van der Waals surface area contributed by atoms with Crippen molar-refractivity contribution < 1.29 is 37.4 Å². The van der Waals surface area contributed by atoms with Crippen LogP contribution in [0.5, 0.6) is 0 Å². The van der Waals surface area contributed by atoms with Gasteiger partial charge in [0.15, 0.2) is 0 Å². The van der Waals surface area contributed by atoms with Crippen molar-refractivity contribution in [3.63, 3.8) is 0 Å². The molecule has 0 aromatic heterocycles. The average Bonchev–Trinajstić information content (AvgIpc) is 3.67. The summed E-state index contributed by atoms with van der Waals surface area (Å²) in [6.45, 7) is 8.69. The Morgan fingerprint density at radius 1 is 1.23 bits per heavy atom. The number of β-amino-alcohol motifs (C(OH)–C–C–N with tert-alkyl or cyclic N) is 1. The second-order valence-corrected chi connectivity index (χ2v) is 12.5. The summed E-state index contributed by atoms with van der Waals surface area (Å²) in [5.41, 5.74) is -2.25. The fourth-order valence-corrected chi connectivity index (χ4v) is 5.68. The molecule has 35 heavy (non-hydrogen) atoms. The molecule has 0 aromatic carbocycles. The van der Waals surface area contributed by atoms with Crippen molar-refractivity contribution in [2.75, 3.05) is 13.7 Å². The number of aliphatic hydroxyl groups excluding tert-OH is 1. The maximum absolute atomic E-state index is 13.4. The van der Waals surface area contributed by atoms with Gasteiger partial charge >= 0.3 is 6.09 Å². The first kappa shape index (κ1) is 26.9. The van der Waals surface area contributed by atoms with Gasteiger partial charge in [-0.2, -0.15) is 0 Å². The summed E-state index contributed by atoms with van der Waals surface area (Å²) in [5, 5.41) is 14.8. The SMILES string of the molecule is C=CC1C[C@]1(NC(=O)[C@@H]1C[C@@H](O)CN1C(=O)[C@@H](NC(=O)OC)C(C)(C)C)C(=O)NS(=O)(=O)C1CC1. The Morgan fingerprint density at radius 3 is 2.34 bits per heavy atom. The van der Waals surface area contributed by atoms with Crippen molar-refractivity contribution in [2.45, 2.75) is 75.4 Å². The Labute approximate surface area is 204 Å². The monoisotopic (exact) mass is 514 g/mol. The number of carbonyl (C=O) groups excluding carboxylic acids is 4. The number of sulfonamides is 1. The van der Waals surface area contributed by atoms with Gasteiger partial charge in [-0.25, -0.2) is 13.2 Å². The van der Waals surface area contributed by atoms with Crippen LogP contribution in [0.3, 0.4) is 0 Å². The summed E-state index contributed by atoms with van der Waals surface area (Å²) >= 11 is 0. The zero-order valence-electron chi connectivity index (χ0n) is 20.4. The predicted molar refractivity (Wildman–Crippen MR) is 124 cm³/mol. The molecule has 0 spiro atoms. The second-order valence-electron chi connectivity index (χ2n) is 10.5. The van der Waals surface area contributed by atoms with Crippen LogP contribution in [0.15, 0.2) is 12.7 Å². The standard InChI is InChI=1S/C22H34N4O8S/c1-6-12-10-22(12,19(30)25-35(32,33)14-7-8-14)24-17(28)15-9-13(27)11-26(15)18(29)16(21(2,3)4)23-20(31)34-5/h6,12-16,27H,1,7-11H2,2-5H3,(H,23,31)(H,24,28)(H,25,30)/t12?,13-,15+,16-,22-/m1/s1. The molecule has 2 aliphatic carbocycles. The highest BCUT2D eigenvalue weighted by Crippen LogP contribution is 2.45. The lowest BCUT2D eigenvalue weighted by atomic mass is 9.85. The highest BCUT2D eigenvalue weighted by atomic mass is 32.2. The summed E-state index contributed by atoms with van der Waals surface area (Å²) in [6, 6.07) is -2.18. The third-order valence-electron chi connectivity index (χ3n) is 6.67. The molecule has 13 heteroatoms. The lowest BCUT2D eigenvalue weighted by molar-refractivity contribution is -0.142. The second kappa shape index (κ2) is 9.41. The number of carbonyl (C=O) groups is 4. The molecule has 4 amide bonds. The van der Waals surface area contributed by atoms with Gasteiger partial charge in [0.1, 0.15) is 17.6 Å². The van der Waals surface area contributed by atoms with Gasteiger partial charge in [0.2, 0.25) is 21.8 Å². The maximum atomic E-state index is 13.4. The molecule has 0 aromatic rings. The van der Waals surface area contributed by atoms with Gasteiger partial charge in [0.25, 0.3) is 5.91 Å². The van der Waals surface area contributed by atoms with E-state index in [1.165, 1.54) is 11.0 Å². The van der Waals surface area contributed by atoms with Crippen molar-refractivity contribution in [1.82, 2.24) is 20.3 Å². The van der Waals surface area contributed by atoms with Crippen molar-refractivity contribution in [3.8, 4) is 0 Å². The van der Waals surface area contributed by atoms with Crippen LogP contribution in [-0.2, 0) is 29.1 Å². The minimum absolute atomic E-state index is 0.0799. The average molecular weight is 515 g/mol. The van der Waals surface area contributed by atoms with Crippen LogP contribution < -0.4 is 15.4 Å². The van der Waals surface area contributed by atoms with Gasteiger partial charge in [-0.3, -0.25) is 19.1 Å². The molecule has 5 atom stereocenters. The molecule has 3 fully saturated rings. The molecule has 1 saturated heterocycles. The van der Waals surface area contributed by atoms with E-state index >= 15 is 0 Å². The van der Waals surface area contributed by atoms with Gasteiger partial charge in [-0.1, -0.05) is 26.8 Å². The van der Waals surface area contributed by atoms with E-state index in [4.69, 9.17) is 0 Å². The Kier molecular flexibility index (Phi) is 7.24. The largest absolute Gasteiger partial charge is 0.453 e. The minimum atomic E-state index is -3.83. The quantitative estimate of drug-likeness (QED) is 0.311. The molecule has 1 heterocycles. The first-order valence-corrected chi connectivity index (χ1v) is 13.0. The normalized spacial score (nSPS) is 29.1. The molecule has 0 bridgehead atoms. The number of nitrogens with zero attached hydrogens (tertiary/aromatic N) is 1. The number of likely N-dealkylation sites (tertiary alicyclic amines) is 1. The van der Waals surface area contributed by atoms with Crippen molar-refractivity contribution in [1.29, 1.82) is 0 Å². The van der Waals surface area contributed by atoms with E-state index in [2.05, 4.69) is 26.7 Å². The van der Waals surface area contributed by atoms with Crippen LogP contribution in [-0.4, -0.2) is 84.9 Å². The number of methoxy groups -OCH3 is 1. The lowest BCUT2D eigenvalue weighted by Crippen LogP contribution is -2.60. The number of rotatable bonds is 8. The first-order chi connectivity index (χ1) is 16.2. The fraction of sp³-hybridized carbons (Fsp3) is 0.727. The topological polar surface area (TPSA) is 171 Å². The number of ether oxygens (including phenoxy) is 1. The highest BCUT2D eigenvalue weighted by Gasteiger charge is 2.62. The minimum Gasteiger partial charge on any atom is -0.453 e. The first-order valence-electron chi connectivity index (χ1n) is 11.5. The number of aliphatic hydroxyl groups is 1. The van der Waals surface area contributed by atoms with Gasteiger partial charge in [0.05, 0.1) is 18.5 Å². The van der Waals surface area contributed by atoms with Crippen molar-refractivity contribution >= 4 is 33.8 Å². The third-order valence-corrected chi connectivity index (χ3v) is 8.49. The van der Waals surface area contributed by atoms with E-state index in [1.54, 1.807) is 20.8 Å². The number of nitrogens with one attached hydrogen (secondary N) is 3. The fourth-order valence-electron chi connectivity index (χ4n) is 4.32. The van der Waals surface area contributed by atoms with E-state index in [0.29, 0.717) is 12.8 Å². The Bertz CT molecular complexity index is 1020. The molecule has 4 N–H and O–H groups in total. The molecule has 1 unspecified atom stereocenters. The summed E-state index contributed by atoms with van der Waals surface area (Å²) in [7, 11) is -2.67.